The monoisotopic (exact) mass is 278 g/mol. The largest absolute Gasteiger partial charge is 0.490 e. The molecule has 0 amide bonds. The number of hydrogen-bond acceptors (Lipinski definition) is 5. The lowest BCUT2D eigenvalue weighted by Crippen LogP contribution is -2.22. The first-order valence-corrected chi connectivity index (χ1v) is 7.74. The zero-order valence-electron chi connectivity index (χ0n) is 12.6. The van der Waals surface area contributed by atoms with Crippen LogP contribution in [0.2, 0.25) is 0 Å². The Kier molecular flexibility index (Phi) is 5.89. The maximum Gasteiger partial charge on any atom is 0.204 e. The van der Waals surface area contributed by atoms with Crippen molar-refractivity contribution in [2.75, 3.05) is 24.3 Å². The summed E-state index contributed by atoms with van der Waals surface area (Å²) in [6.07, 6.45) is 10.7. The predicted octanol–water partition coefficient (Wildman–Crippen LogP) is 3.44. The van der Waals surface area contributed by atoms with Crippen LogP contribution in [0.15, 0.2) is 6.33 Å². The first kappa shape index (κ1) is 14.9. The standard InChI is InChI=1S/C15H26N4O/c1-3-16-14-13(20-2)15(18-11-17-14)19-12-9-7-5-4-6-8-10-12/h11-12H,3-10H2,1-2H3,(H2,16,17,18,19). The summed E-state index contributed by atoms with van der Waals surface area (Å²) in [6, 6.07) is 0.494. The molecule has 1 aromatic heterocycles. The van der Waals surface area contributed by atoms with Crippen LogP contribution in [0.3, 0.4) is 0 Å². The number of rotatable bonds is 5. The summed E-state index contributed by atoms with van der Waals surface area (Å²) >= 11 is 0. The molecule has 112 valence electrons. The Morgan fingerprint density at radius 2 is 1.75 bits per heavy atom. The van der Waals surface area contributed by atoms with Gasteiger partial charge >= 0.3 is 0 Å². The second-order valence-corrected chi connectivity index (χ2v) is 5.32. The number of hydrogen-bond donors (Lipinski definition) is 2. The SMILES string of the molecule is CCNc1ncnc(NC2CCCCCCC2)c1OC. The van der Waals surface area contributed by atoms with E-state index in [4.69, 9.17) is 4.74 Å². The molecular weight excluding hydrogens is 252 g/mol. The van der Waals surface area contributed by atoms with E-state index in [1.807, 2.05) is 6.92 Å². The van der Waals surface area contributed by atoms with Gasteiger partial charge in [0.1, 0.15) is 6.33 Å². The van der Waals surface area contributed by atoms with Crippen LogP contribution in [0.25, 0.3) is 0 Å². The molecule has 0 aliphatic heterocycles. The topological polar surface area (TPSA) is 59.1 Å². The maximum atomic E-state index is 5.48. The van der Waals surface area contributed by atoms with Crippen molar-refractivity contribution >= 4 is 11.6 Å². The second kappa shape index (κ2) is 7.92. The highest BCUT2D eigenvalue weighted by Crippen LogP contribution is 2.30. The van der Waals surface area contributed by atoms with E-state index >= 15 is 0 Å². The van der Waals surface area contributed by atoms with Gasteiger partial charge in [0.2, 0.25) is 5.75 Å². The Hall–Kier alpha value is -1.52. The number of anilines is 2. The Balaban J connectivity index is 2.08. The molecule has 1 aliphatic carbocycles. The fraction of sp³-hybridized carbons (Fsp3) is 0.733. The molecule has 1 heterocycles. The number of ether oxygens (including phenoxy) is 1. The predicted molar refractivity (Wildman–Crippen MR) is 82.5 cm³/mol. The van der Waals surface area contributed by atoms with Crippen LogP contribution < -0.4 is 15.4 Å². The highest BCUT2D eigenvalue weighted by Gasteiger charge is 2.16. The summed E-state index contributed by atoms with van der Waals surface area (Å²) in [7, 11) is 1.67. The molecule has 1 fully saturated rings. The summed E-state index contributed by atoms with van der Waals surface area (Å²) in [5.74, 6) is 2.29. The summed E-state index contributed by atoms with van der Waals surface area (Å²) in [5.41, 5.74) is 0. The van der Waals surface area contributed by atoms with Gasteiger partial charge in [0.05, 0.1) is 7.11 Å². The molecule has 2 rings (SSSR count). The molecule has 2 N–H and O–H groups in total. The van der Waals surface area contributed by atoms with Crippen molar-refractivity contribution in [1.82, 2.24) is 9.97 Å². The molecule has 0 bridgehead atoms. The van der Waals surface area contributed by atoms with Gasteiger partial charge in [-0.25, -0.2) is 9.97 Å². The average molecular weight is 278 g/mol. The van der Waals surface area contributed by atoms with Crippen molar-refractivity contribution in [3.63, 3.8) is 0 Å². The van der Waals surface area contributed by atoms with Crippen LogP contribution in [-0.2, 0) is 0 Å². The highest BCUT2D eigenvalue weighted by molar-refractivity contribution is 5.63. The van der Waals surface area contributed by atoms with Gasteiger partial charge in [-0.1, -0.05) is 32.1 Å². The van der Waals surface area contributed by atoms with Crippen LogP contribution >= 0.6 is 0 Å². The minimum absolute atomic E-state index is 0.494. The van der Waals surface area contributed by atoms with E-state index in [0.717, 1.165) is 23.9 Å². The molecule has 0 atom stereocenters. The van der Waals surface area contributed by atoms with Crippen molar-refractivity contribution < 1.29 is 4.74 Å². The molecule has 0 aromatic carbocycles. The molecule has 1 saturated carbocycles. The Labute approximate surface area is 121 Å². The van der Waals surface area contributed by atoms with Crippen LogP contribution in [0, 0.1) is 0 Å². The number of methoxy groups -OCH3 is 1. The van der Waals surface area contributed by atoms with E-state index in [2.05, 4.69) is 20.6 Å². The normalized spacial score (nSPS) is 17.1. The molecule has 1 aliphatic rings. The third kappa shape index (κ3) is 3.99. The quantitative estimate of drug-likeness (QED) is 0.864. The number of nitrogens with one attached hydrogen (secondary N) is 2. The Morgan fingerprint density at radius 1 is 1.10 bits per heavy atom. The van der Waals surface area contributed by atoms with E-state index in [-0.39, 0.29) is 0 Å². The zero-order valence-corrected chi connectivity index (χ0v) is 12.6. The molecular formula is C15H26N4O. The number of nitrogens with zero attached hydrogens (tertiary/aromatic N) is 2. The van der Waals surface area contributed by atoms with Gasteiger partial charge in [0, 0.05) is 12.6 Å². The van der Waals surface area contributed by atoms with Crippen molar-refractivity contribution in [2.24, 2.45) is 0 Å². The summed E-state index contributed by atoms with van der Waals surface area (Å²) in [6.45, 7) is 2.86. The minimum Gasteiger partial charge on any atom is -0.490 e. The molecule has 20 heavy (non-hydrogen) atoms. The molecule has 5 nitrogen and oxygen atoms in total. The molecule has 0 spiro atoms. The lowest BCUT2D eigenvalue weighted by Gasteiger charge is -2.23. The fourth-order valence-electron chi connectivity index (χ4n) is 2.76. The van der Waals surface area contributed by atoms with Crippen molar-refractivity contribution in [2.45, 2.75) is 57.9 Å². The van der Waals surface area contributed by atoms with Crippen LogP contribution in [-0.4, -0.2) is 29.7 Å². The first-order chi connectivity index (χ1) is 9.85. The van der Waals surface area contributed by atoms with Crippen molar-refractivity contribution in [3.05, 3.63) is 6.33 Å². The molecule has 0 unspecified atom stereocenters. The van der Waals surface area contributed by atoms with Gasteiger partial charge in [-0.2, -0.15) is 0 Å². The molecule has 0 saturated heterocycles. The van der Waals surface area contributed by atoms with Gasteiger partial charge in [0.15, 0.2) is 11.6 Å². The lowest BCUT2D eigenvalue weighted by atomic mass is 9.97. The van der Waals surface area contributed by atoms with E-state index in [9.17, 15) is 0 Å². The summed E-state index contributed by atoms with van der Waals surface area (Å²) in [4.78, 5) is 8.59. The first-order valence-electron chi connectivity index (χ1n) is 7.74. The van der Waals surface area contributed by atoms with Crippen molar-refractivity contribution in [3.8, 4) is 5.75 Å². The van der Waals surface area contributed by atoms with E-state index < -0.39 is 0 Å². The van der Waals surface area contributed by atoms with Gasteiger partial charge in [-0.15, -0.1) is 0 Å². The maximum absolute atomic E-state index is 5.48. The van der Waals surface area contributed by atoms with Crippen LogP contribution in [0.5, 0.6) is 5.75 Å². The summed E-state index contributed by atoms with van der Waals surface area (Å²) in [5, 5.41) is 6.76. The van der Waals surface area contributed by atoms with Gasteiger partial charge in [0.25, 0.3) is 0 Å². The third-order valence-electron chi connectivity index (χ3n) is 3.80. The molecule has 0 radical (unpaired) electrons. The molecule has 1 aromatic rings. The van der Waals surface area contributed by atoms with E-state index in [0.29, 0.717) is 6.04 Å². The van der Waals surface area contributed by atoms with E-state index in [1.165, 1.54) is 44.9 Å². The summed E-state index contributed by atoms with van der Waals surface area (Å²) < 4.78 is 5.48. The smallest absolute Gasteiger partial charge is 0.204 e. The Morgan fingerprint density at radius 3 is 2.40 bits per heavy atom. The lowest BCUT2D eigenvalue weighted by molar-refractivity contribution is 0.412. The average Bonchev–Trinajstić information content (AvgIpc) is 2.42. The fourth-order valence-corrected chi connectivity index (χ4v) is 2.76. The second-order valence-electron chi connectivity index (χ2n) is 5.32. The van der Waals surface area contributed by atoms with Gasteiger partial charge < -0.3 is 15.4 Å². The van der Waals surface area contributed by atoms with E-state index in [1.54, 1.807) is 13.4 Å². The zero-order chi connectivity index (χ0) is 14.2. The number of aromatic nitrogens is 2. The third-order valence-corrected chi connectivity index (χ3v) is 3.80. The van der Waals surface area contributed by atoms with Crippen molar-refractivity contribution in [1.29, 1.82) is 0 Å². The van der Waals surface area contributed by atoms with Gasteiger partial charge in [-0.05, 0) is 19.8 Å². The highest BCUT2D eigenvalue weighted by atomic mass is 16.5. The van der Waals surface area contributed by atoms with Crippen LogP contribution in [0.4, 0.5) is 11.6 Å². The van der Waals surface area contributed by atoms with Crippen LogP contribution in [0.1, 0.15) is 51.9 Å². The van der Waals surface area contributed by atoms with Gasteiger partial charge in [-0.3, -0.25) is 0 Å². The Bertz CT molecular complexity index is 403. The molecule has 5 heteroatoms. The minimum atomic E-state index is 0.494.